The normalized spacial score (nSPS) is 16.9. The minimum absolute atomic E-state index is 0.0145. The van der Waals surface area contributed by atoms with Gasteiger partial charge in [0.2, 0.25) is 0 Å². The number of amides is 2. The molecule has 2 amide bonds. The summed E-state index contributed by atoms with van der Waals surface area (Å²) in [5, 5.41) is 12.1. The number of nitrogens with one attached hydrogen (secondary N) is 1. The quantitative estimate of drug-likeness (QED) is 0.394. The average Bonchev–Trinajstić information content (AvgIpc) is 3.23. The topological polar surface area (TPSA) is 110 Å². The van der Waals surface area contributed by atoms with Crippen LogP contribution >= 0.6 is 0 Å². The molecule has 1 aromatic heterocycles. The number of benzene rings is 2. The number of hydrogen-bond acceptors (Lipinski definition) is 7. The second kappa shape index (κ2) is 11.6. The molecule has 9 nitrogen and oxygen atoms in total. The predicted octanol–water partition coefficient (Wildman–Crippen LogP) is 3.40. The third-order valence-corrected chi connectivity index (χ3v) is 6.11. The zero-order chi connectivity index (χ0) is 28.3. The molecule has 1 aliphatic rings. The summed E-state index contributed by atoms with van der Waals surface area (Å²) in [7, 11) is 2.61. The van der Waals surface area contributed by atoms with Crippen LogP contribution in [0.1, 0.15) is 27.5 Å². The van der Waals surface area contributed by atoms with Crippen molar-refractivity contribution in [3.05, 3.63) is 77.0 Å². The van der Waals surface area contributed by atoms with Crippen molar-refractivity contribution in [2.45, 2.75) is 25.2 Å². The molecule has 2 atom stereocenters. The van der Waals surface area contributed by atoms with Gasteiger partial charge in [0.05, 0.1) is 26.5 Å². The monoisotopic (exact) mass is 549 g/mol. The van der Waals surface area contributed by atoms with Crippen molar-refractivity contribution in [3.63, 3.8) is 0 Å². The van der Waals surface area contributed by atoms with Gasteiger partial charge in [-0.15, -0.1) is 0 Å². The van der Waals surface area contributed by atoms with Crippen LogP contribution in [0.4, 0.5) is 23.4 Å². The van der Waals surface area contributed by atoms with Crippen LogP contribution in [0.25, 0.3) is 0 Å². The summed E-state index contributed by atoms with van der Waals surface area (Å²) in [6.45, 7) is -3.81. The van der Waals surface area contributed by atoms with Crippen LogP contribution in [0.3, 0.4) is 0 Å². The van der Waals surface area contributed by atoms with Crippen LogP contribution in [0.15, 0.2) is 48.5 Å². The van der Waals surface area contributed by atoms with Crippen LogP contribution in [0.2, 0.25) is 0 Å². The molecule has 4 rings (SSSR count). The molecule has 0 saturated carbocycles. The molecule has 2 N–H and O–H groups in total. The number of aliphatic hydroxyl groups excluding tert-OH is 1. The SMILES string of the molecule is COc1cc(CO)nc(N2C[C@@H](c3c(F)cc(OC)cc3F)[C@H](NC(=O)c3ccc(OC(F)F)cc3)C2=O)c1. The van der Waals surface area contributed by atoms with Crippen molar-refractivity contribution < 1.29 is 46.5 Å². The average molecular weight is 549 g/mol. The number of anilines is 1. The van der Waals surface area contributed by atoms with E-state index < -0.39 is 54.2 Å². The van der Waals surface area contributed by atoms with E-state index in [1.165, 1.54) is 38.5 Å². The molecule has 3 aromatic rings. The van der Waals surface area contributed by atoms with Crippen molar-refractivity contribution in [2.24, 2.45) is 0 Å². The summed E-state index contributed by atoms with van der Waals surface area (Å²) in [6, 6.07) is 8.00. The van der Waals surface area contributed by atoms with Crippen LogP contribution in [0.5, 0.6) is 17.2 Å². The fourth-order valence-electron chi connectivity index (χ4n) is 4.29. The molecular formula is C26H23F4N3O6. The minimum Gasteiger partial charge on any atom is -0.497 e. The predicted molar refractivity (Wildman–Crippen MR) is 129 cm³/mol. The zero-order valence-electron chi connectivity index (χ0n) is 20.7. The van der Waals surface area contributed by atoms with Crippen LogP contribution in [-0.2, 0) is 11.4 Å². The number of ether oxygens (including phenoxy) is 3. The Morgan fingerprint density at radius 3 is 2.23 bits per heavy atom. The number of pyridine rings is 1. The van der Waals surface area contributed by atoms with Gasteiger partial charge in [-0.25, -0.2) is 13.8 Å². The van der Waals surface area contributed by atoms with Crippen LogP contribution in [0, 0.1) is 11.6 Å². The van der Waals surface area contributed by atoms with Gasteiger partial charge in [0.15, 0.2) is 0 Å². The smallest absolute Gasteiger partial charge is 0.387 e. The number of aromatic nitrogens is 1. The fourth-order valence-corrected chi connectivity index (χ4v) is 4.29. The lowest BCUT2D eigenvalue weighted by Crippen LogP contribution is -2.44. The van der Waals surface area contributed by atoms with Gasteiger partial charge in [0.25, 0.3) is 11.8 Å². The van der Waals surface area contributed by atoms with Gasteiger partial charge in [-0.3, -0.25) is 14.5 Å². The Kier molecular flexibility index (Phi) is 8.19. The number of carbonyl (C=O) groups is 2. The van der Waals surface area contributed by atoms with Crippen LogP contribution < -0.4 is 24.4 Å². The van der Waals surface area contributed by atoms with E-state index in [0.29, 0.717) is 0 Å². The van der Waals surface area contributed by atoms with Gasteiger partial charge in [0, 0.05) is 47.9 Å². The Morgan fingerprint density at radius 2 is 1.67 bits per heavy atom. The number of nitrogens with zero attached hydrogens (tertiary/aromatic N) is 2. The maximum atomic E-state index is 15.1. The number of rotatable bonds is 9. The Balaban J connectivity index is 1.72. The van der Waals surface area contributed by atoms with Crippen molar-refractivity contribution >= 4 is 17.6 Å². The van der Waals surface area contributed by atoms with Gasteiger partial charge in [0.1, 0.15) is 40.7 Å². The highest BCUT2D eigenvalue weighted by atomic mass is 19.3. The second-order valence-electron chi connectivity index (χ2n) is 8.43. The van der Waals surface area contributed by atoms with E-state index in [1.807, 2.05) is 0 Å². The first-order chi connectivity index (χ1) is 18.6. The number of hydrogen-bond donors (Lipinski definition) is 2. The van der Waals surface area contributed by atoms with Crippen LogP contribution in [-0.4, -0.2) is 55.3 Å². The highest BCUT2D eigenvalue weighted by Gasteiger charge is 2.45. The van der Waals surface area contributed by atoms with E-state index >= 15 is 8.78 Å². The summed E-state index contributed by atoms with van der Waals surface area (Å²) in [5.41, 5.74) is -0.295. The number of carbonyl (C=O) groups excluding carboxylic acids is 2. The lowest BCUT2D eigenvalue weighted by Gasteiger charge is -2.20. The molecule has 0 radical (unpaired) electrons. The Hall–Kier alpha value is -4.39. The van der Waals surface area contributed by atoms with Crippen molar-refractivity contribution in [2.75, 3.05) is 25.7 Å². The first kappa shape index (κ1) is 27.6. The van der Waals surface area contributed by atoms with Crippen molar-refractivity contribution in [1.29, 1.82) is 0 Å². The standard InChI is InChI=1S/C26H23F4N3O6/c1-37-16-7-14(12-34)31-21(10-16)33-11-18(22-19(27)8-17(38-2)9-20(22)28)23(25(33)36)32-24(35)13-3-5-15(6-4-13)39-26(29)30/h3-10,18,23,26,34H,11-12H2,1-2H3,(H,32,35)/t18-,23-/m0/s1. The second-order valence-corrected chi connectivity index (χ2v) is 8.43. The number of methoxy groups -OCH3 is 2. The number of aliphatic hydroxyl groups is 1. The summed E-state index contributed by atoms with van der Waals surface area (Å²) >= 11 is 0. The summed E-state index contributed by atoms with van der Waals surface area (Å²) in [5.74, 6) is -4.68. The third-order valence-electron chi connectivity index (χ3n) is 6.11. The number of alkyl halides is 2. The molecule has 13 heteroatoms. The lowest BCUT2D eigenvalue weighted by molar-refractivity contribution is -0.118. The molecule has 0 unspecified atom stereocenters. The van der Waals surface area contributed by atoms with E-state index in [2.05, 4.69) is 15.0 Å². The maximum absolute atomic E-state index is 15.1. The molecule has 1 saturated heterocycles. The molecule has 0 aliphatic carbocycles. The van der Waals surface area contributed by atoms with E-state index in [0.717, 1.165) is 29.2 Å². The highest BCUT2D eigenvalue weighted by Crippen LogP contribution is 2.37. The van der Waals surface area contributed by atoms with Gasteiger partial charge < -0.3 is 24.6 Å². The molecule has 2 aromatic carbocycles. The van der Waals surface area contributed by atoms with Gasteiger partial charge in [-0.05, 0) is 24.3 Å². The fraction of sp³-hybridized carbons (Fsp3) is 0.269. The lowest BCUT2D eigenvalue weighted by atomic mass is 9.92. The molecule has 0 bridgehead atoms. The third kappa shape index (κ3) is 5.87. The van der Waals surface area contributed by atoms with E-state index in [4.69, 9.17) is 9.47 Å². The van der Waals surface area contributed by atoms with E-state index in [1.54, 1.807) is 0 Å². The molecule has 1 aliphatic heterocycles. The van der Waals surface area contributed by atoms with Gasteiger partial charge >= 0.3 is 6.61 Å². The summed E-state index contributed by atoms with van der Waals surface area (Å²) < 4.78 is 69.5. The van der Waals surface area contributed by atoms with Gasteiger partial charge in [-0.1, -0.05) is 0 Å². The van der Waals surface area contributed by atoms with Crippen molar-refractivity contribution in [1.82, 2.24) is 10.3 Å². The first-order valence-corrected chi connectivity index (χ1v) is 11.5. The number of halogens is 4. The summed E-state index contributed by atoms with van der Waals surface area (Å²) in [4.78, 5) is 31.9. The zero-order valence-corrected chi connectivity index (χ0v) is 20.7. The Bertz CT molecular complexity index is 1330. The maximum Gasteiger partial charge on any atom is 0.387 e. The molecule has 206 valence electrons. The Morgan fingerprint density at radius 1 is 1.05 bits per heavy atom. The van der Waals surface area contributed by atoms with Crippen molar-refractivity contribution in [3.8, 4) is 17.2 Å². The first-order valence-electron chi connectivity index (χ1n) is 11.5. The molecule has 2 heterocycles. The summed E-state index contributed by atoms with van der Waals surface area (Å²) in [6.07, 6.45) is 0. The van der Waals surface area contributed by atoms with Gasteiger partial charge in [-0.2, -0.15) is 8.78 Å². The molecule has 39 heavy (non-hydrogen) atoms. The minimum atomic E-state index is -3.06. The molecule has 0 spiro atoms. The Labute approximate surface area is 219 Å². The molecular weight excluding hydrogens is 526 g/mol. The van der Waals surface area contributed by atoms with E-state index in [-0.39, 0.29) is 40.9 Å². The highest BCUT2D eigenvalue weighted by molar-refractivity contribution is 6.04. The van der Waals surface area contributed by atoms with E-state index in [9.17, 15) is 23.5 Å². The molecule has 1 fully saturated rings. The largest absolute Gasteiger partial charge is 0.497 e.